The number of anilines is 1. The Kier molecular flexibility index (Phi) is 5.50. The van der Waals surface area contributed by atoms with Gasteiger partial charge in [0, 0.05) is 29.2 Å². The van der Waals surface area contributed by atoms with E-state index in [2.05, 4.69) is 10.3 Å². The smallest absolute Gasteiger partial charge is 0.262 e. The van der Waals surface area contributed by atoms with E-state index in [1.54, 1.807) is 73.9 Å². The first-order valence-corrected chi connectivity index (χ1v) is 9.55. The van der Waals surface area contributed by atoms with Crippen LogP contribution in [0.15, 0.2) is 76.2 Å². The van der Waals surface area contributed by atoms with E-state index in [0.29, 0.717) is 38.8 Å². The van der Waals surface area contributed by atoms with Gasteiger partial charge in [0.05, 0.1) is 10.9 Å². The van der Waals surface area contributed by atoms with Gasteiger partial charge >= 0.3 is 0 Å². The third-order valence-corrected chi connectivity index (χ3v) is 4.76. The first kappa shape index (κ1) is 19.7. The molecule has 2 aromatic heterocycles. The SMILES string of the molecule is Cc1oc2cc(OCC(=O)Nc3ccncc3)ccc2c(=O)c1-c1ccc(Cl)cc1. The molecular formula is C23H17ClN2O4. The molecule has 0 aliphatic carbocycles. The maximum atomic E-state index is 13.0. The number of benzene rings is 2. The van der Waals surface area contributed by atoms with E-state index in [1.807, 2.05) is 0 Å². The van der Waals surface area contributed by atoms with Crippen molar-refractivity contribution in [2.45, 2.75) is 6.92 Å². The second-order valence-electron chi connectivity index (χ2n) is 6.60. The maximum Gasteiger partial charge on any atom is 0.262 e. The van der Waals surface area contributed by atoms with Crippen LogP contribution in [-0.4, -0.2) is 17.5 Å². The lowest BCUT2D eigenvalue weighted by atomic mass is 10.0. The first-order valence-electron chi connectivity index (χ1n) is 9.17. The van der Waals surface area contributed by atoms with Crippen LogP contribution in [0.3, 0.4) is 0 Å². The lowest BCUT2D eigenvalue weighted by molar-refractivity contribution is -0.118. The molecule has 2 aromatic carbocycles. The normalized spacial score (nSPS) is 10.7. The predicted molar refractivity (Wildman–Crippen MR) is 116 cm³/mol. The third-order valence-electron chi connectivity index (χ3n) is 4.51. The summed E-state index contributed by atoms with van der Waals surface area (Å²) in [6.07, 6.45) is 3.17. The zero-order valence-electron chi connectivity index (χ0n) is 16.0. The molecular weight excluding hydrogens is 404 g/mol. The van der Waals surface area contributed by atoms with Crippen molar-refractivity contribution in [1.29, 1.82) is 0 Å². The van der Waals surface area contributed by atoms with E-state index in [4.69, 9.17) is 20.8 Å². The summed E-state index contributed by atoms with van der Waals surface area (Å²) in [6, 6.07) is 15.3. The molecule has 0 saturated heterocycles. The Balaban J connectivity index is 1.56. The zero-order chi connectivity index (χ0) is 21.1. The molecule has 6 nitrogen and oxygen atoms in total. The predicted octanol–water partition coefficient (Wildman–Crippen LogP) is 4.83. The highest BCUT2D eigenvalue weighted by Gasteiger charge is 2.14. The number of nitrogens with zero attached hydrogens (tertiary/aromatic N) is 1. The van der Waals surface area contributed by atoms with Gasteiger partial charge in [-0.15, -0.1) is 0 Å². The summed E-state index contributed by atoms with van der Waals surface area (Å²) in [7, 11) is 0. The number of carbonyl (C=O) groups excluding carboxylic acids is 1. The van der Waals surface area contributed by atoms with E-state index in [-0.39, 0.29) is 17.9 Å². The Hall–Kier alpha value is -3.64. The number of halogens is 1. The van der Waals surface area contributed by atoms with E-state index in [1.165, 1.54) is 0 Å². The average molecular weight is 421 g/mol. The van der Waals surface area contributed by atoms with Crippen LogP contribution < -0.4 is 15.5 Å². The Labute approximate surface area is 177 Å². The van der Waals surface area contributed by atoms with Crippen LogP contribution in [0.25, 0.3) is 22.1 Å². The van der Waals surface area contributed by atoms with Gasteiger partial charge in [-0.3, -0.25) is 14.6 Å². The van der Waals surface area contributed by atoms with Gasteiger partial charge in [0.2, 0.25) is 5.43 Å². The van der Waals surface area contributed by atoms with Gasteiger partial charge < -0.3 is 14.5 Å². The standard InChI is InChI=1S/C23H17ClN2O4/c1-14-22(15-2-4-16(24)5-3-15)23(28)19-7-6-18(12-20(19)30-14)29-13-21(27)26-17-8-10-25-11-9-17/h2-12H,13H2,1H3,(H,25,26,27). The van der Waals surface area contributed by atoms with Crippen LogP contribution >= 0.6 is 11.6 Å². The van der Waals surface area contributed by atoms with Gasteiger partial charge in [0.25, 0.3) is 5.91 Å². The first-order chi connectivity index (χ1) is 14.5. The van der Waals surface area contributed by atoms with Gasteiger partial charge in [0.1, 0.15) is 17.1 Å². The molecule has 0 aliphatic heterocycles. The third kappa shape index (κ3) is 4.18. The second-order valence-corrected chi connectivity index (χ2v) is 7.04. The maximum absolute atomic E-state index is 13.0. The van der Waals surface area contributed by atoms with Crippen LogP contribution in [-0.2, 0) is 4.79 Å². The molecule has 1 N–H and O–H groups in total. The zero-order valence-corrected chi connectivity index (χ0v) is 16.8. The van der Waals surface area contributed by atoms with E-state index < -0.39 is 0 Å². The van der Waals surface area contributed by atoms with Crippen molar-refractivity contribution in [2.75, 3.05) is 11.9 Å². The lowest BCUT2D eigenvalue weighted by Crippen LogP contribution is -2.20. The van der Waals surface area contributed by atoms with E-state index in [0.717, 1.165) is 5.56 Å². The van der Waals surface area contributed by atoms with Crippen molar-refractivity contribution in [3.8, 4) is 16.9 Å². The van der Waals surface area contributed by atoms with Gasteiger partial charge in [-0.1, -0.05) is 23.7 Å². The Bertz CT molecular complexity index is 1270. The van der Waals surface area contributed by atoms with Crippen LogP contribution in [0.4, 0.5) is 5.69 Å². The molecule has 4 aromatic rings. The van der Waals surface area contributed by atoms with Gasteiger partial charge in [0.15, 0.2) is 6.61 Å². The lowest BCUT2D eigenvalue weighted by Gasteiger charge is -2.10. The molecule has 0 bridgehead atoms. The Morgan fingerprint density at radius 3 is 2.57 bits per heavy atom. The molecule has 0 fully saturated rings. The molecule has 150 valence electrons. The van der Waals surface area contributed by atoms with Gasteiger partial charge in [-0.25, -0.2) is 0 Å². The van der Waals surface area contributed by atoms with Crippen molar-refractivity contribution in [1.82, 2.24) is 4.98 Å². The molecule has 30 heavy (non-hydrogen) atoms. The molecule has 7 heteroatoms. The van der Waals surface area contributed by atoms with Gasteiger partial charge in [-0.2, -0.15) is 0 Å². The fourth-order valence-electron chi connectivity index (χ4n) is 3.11. The molecule has 0 unspecified atom stereocenters. The topological polar surface area (TPSA) is 81.4 Å². The molecule has 4 rings (SSSR count). The number of pyridine rings is 1. The minimum absolute atomic E-state index is 0.141. The van der Waals surface area contributed by atoms with Crippen molar-refractivity contribution in [3.63, 3.8) is 0 Å². The minimum atomic E-state index is -0.308. The molecule has 0 atom stereocenters. The number of aryl methyl sites for hydroxylation is 1. The highest BCUT2D eigenvalue weighted by molar-refractivity contribution is 6.30. The molecule has 0 saturated carbocycles. The van der Waals surface area contributed by atoms with Gasteiger partial charge in [-0.05, 0) is 48.9 Å². The van der Waals surface area contributed by atoms with Crippen molar-refractivity contribution < 1.29 is 13.9 Å². The minimum Gasteiger partial charge on any atom is -0.484 e. The van der Waals surface area contributed by atoms with E-state index in [9.17, 15) is 9.59 Å². The van der Waals surface area contributed by atoms with Crippen LogP contribution in [0.5, 0.6) is 5.75 Å². The summed E-state index contributed by atoms with van der Waals surface area (Å²) in [6.45, 7) is 1.56. The summed E-state index contributed by atoms with van der Waals surface area (Å²) in [5.41, 5.74) is 2.11. The monoisotopic (exact) mass is 420 g/mol. The highest BCUT2D eigenvalue weighted by atomic mass is 35.5. The summed E-state index contributed by atoms with van der Waals surface area (Å²) in [5, 5.41) is 3.73. The number of carbonyl (C=O) groups is 1. The summed E-state index contributed by atoms with van der Waals surface area (Å²) in [4.78, 5) is 29.0. The molecule has 0 radical (unpaired) electrons. The average Bonchev–Trinajstić information content (AvgIpc) is 2.74. The summed E-state index contributed by atoms with van der Waals surface area (Å²) < 4.78 is 11.4. The Morgan fingerprint density at radius 1 is 1.10 bits per heavy atom. The van der Waals surface area contributed by atoms with Crippen LogP contribution in [0.1, 0.15) is 5.76 Å². The second kappa shape index (κ2) is 8.39. The molecule has 0 spiro atoms. The number of hydrogen-bond donors (Lipinski definition) is 1. The van der Waals surface area contributed by atoms with Crippen LogP contribution in [0, 0.1) is 6.92 Å². The highest BCUT2D eigenvalue weighted by Crippen LogP contribution is 2.27. The van der Waals surface area contributed by atoms with Crippen molar-refractivity contribution in [3.05, 3.63) is 88.0 Å². The number of hydrogen-bond acceptors (Lipinski definition) is 5. The largest absolute Gasteiger partial charge is 0.484 e. The number of rotatable bonds is 5. The molecule has 2 heterocycles. The van der Waals surface area contributed by atoms with Crippen molar-refractivity contribution >= 4 is 34.2 Å². The fraction of sp³-hybridized carbons (Fsp3) is 0.0870. The fourth-order valence-corrected chi connectivity index (χ4v) is 3.23. The number of ether oxygens (including phenoxy) is 1. The summed E-state index contributed by atoms with van der Waals surface area (Å²) >= 11 is 5.94. The number of fused-ring (bicyclic) bond motifs is 1. The van der Waals surface area contributed by atoms with Crippen LogP contribution in [0.2, 0.25) is 5.02 Å². The quantitative estimate of drug-likeness (QED) is 0.500. The summed E-state index contributed by atoms with van der Waals surface area (Å²) in [5.74, 6) is 0.605. The Morgan fingerprint density at radius 2 is 1.83 bits per heavy atom. The number of amides is 1. The number of aromatic nitrogens is 1. The van der Waals surface area contributed by atoms with Crippen molar-refractivity contribution in [2.24, 2.45) is 0 Å². The number of nitrogens with one attached hydrogen (secondary N) is 1. The molecule has 1 amide bonds. The van der Waals surface area contributed by atoms with E-state index >= 15 is 0 Å². The molecule has 0 aliphatic rings.